The third-order valence-corrected chi connectivity index (χ3v) is 1.93. The van der Waals surface area contributed by atoms with E-state index >= 15 is 0 Å². The van der Waals surface area contributed by atoms with E-state index in [4.69, 9.17) is 34.8 Å². The lowest BCUT2D eigenvalue weighted by Gasteiger charge is -2.07. The fourth-order valence-electron chi connectivity index (χ4n) is 0.786. The Morgan fingerprint density at radius 2 is 1.92 bits per heavy atom. The maximum atomic E-state index is 13.4. The van der Waals surface area contributed by atoms with Crippen LogP contribution in [0.15, 0.2) is 0 Å². The molecular formula is C6H7Cl3FN3. The van der Waals surface area contributed by atoms with E-state index in [9.17, 15) is 4.39 Å². The molecule has 1 heterocycles. The fraction of sp³-hybridized carbons (Fsp3) is 0.667. The molecule has 0 saturated heterocycles. The van der Waals surface area contributed by atoms with Gasteiger partial charge in [0.05, 0.1) is 6.04 Å². The first kappa shape index (κ1) is 11.0. The van der Waals surface area contributed by atoms with Crippen molar-refractivity contribution in [1.82, 2.24) is 15.0 Å². The molecule has 0 radical (unpaired) electrons. The predicted octanol–water partition coefficient (Wildman–Crippen LogP) is 2.82. The second-order valence-corrected chi connectivity index (χ2v) is 5.05. The summed E-state index contributed by atoms with van der Waals surface area (Å²) in [4.78, 5) is 0. The van der Waals surface area contributed by atoms with Crippen LogP contribution in [-0.4, -0.2) is 15.0 Å². The van der Waals surface area contributed by atoms with Crippen LogP contribution in [0.25, 0.3) is 0 Å². The Balaban J connectivity index is 3.14. The lowest BCUT2D eigenvalue weighted by atomic mass is 10.4. The Morgan fingerprint density at radius 3 is 2.15 bits per heavy atom. The summed E-state index contributed by atoms with van der Waals surface area (Å²) in [5.74, 6) is -0.713. The SMILES string of the molecule is CC(C)n1nnc(C(Cl)(Cl)Cl)c1F. The molecule has 3 nitrogen and oxygen atoms in total. The molecule has 0 atom stereocenters. The van der Waals surface area contributed by atoms with Crippen LogP contribution in [-0.2, 0) is 3.79 Å². The Labute approximate surface area is 89.8 Å². The molecule has 1 rings (SSSR count). The Morgan fingerprint density at radius 1 is 1.38 bits per heavy atom. The van der Waals surface area contributed by atoms with Crippen LogP contribution in [0, 0.1) is 5.95 Å². The van der Waals surface area contributed by atoms with E-state index in [0.717, 1.165) is 4.68 Å². The quantitative estimate of drug-likeness (QED) is 0.714. The Kier molecular flexibility index (Phi) is 3.05. The fourth-order valence-corrected chi connectivity index (χ4v) is 1.13. The van der Waals surface area contributed by atoms with Crippen LogP contribution in [0.4, 0.5) is 4.39 Å². The molecule has 74 valence electrons. The van der Waals surface area contributed by atoms with Gasteiger partial charge in [-0.25, -0.2) is 4.68 Å². The third-order valence-electron chi connectivity index (χ3n) is 1.40. The van der Waals surface area contributed by atoms with Gasteiger partial charge < -0.3 is 0 Å². The van der Waals surface area contributed by atoms with Crippen molar-refractivity contribution in [1.29, 1.82) is 0 Å². The largest absolute Gasteiger partial charge is 0.239 e. The minimum atomic E-state index is -1.86. The minimum absolute atomic E-state index is 0.159. The first-order chi connectivity index (χ1) is 5.84. The van der Waals surface area contributed by atoms with E-state index in [1.807, 2.05) is 0 Å². The summed E-state index contributed by atoms with van der Waals surface area (Å²) >= 11 is 16.4. The predicted molar refractivity (Wildman–Crippen MR) is 49.6 cm³/mol. The number of rotatable bonds is 1. The smallest absolute Gasteiger partial charge is 0.216 e. The van der Waals surface area contributed by atoms with E-state index in [2.05, 4.69) is 10.3 Å². The second kappa shape index (κ2) is 3.59. The zero-order valence-electron chi connectivity index (χ0n) is 6.93. The van der Waals surface area contributed by atoms with Gasteiger partial charge in [-0.05, 0) is 13.8 Å². The van der Waals surface area contributed by atoms with Gasteiger partial charge in [-0.15, -0.1) is 5.10 Å². The lowest BCUT2D eigenvalue weighted by Crippen LogP contribution is -2.08. The van der Waals surface area contributed by atoms with E-state index in [1.165, 1.54) is 0 Å². The number of halogens is 4. The lowest BCUT2D eigenvalue weighted by molar-refractivity contribution is 0.407. The van der Waals surface area contributed by atoms with Gasteiger partial charge in [-0.1, -0.05) is 40.0 Å². The molecule has 7 heteroatoms. The first-order valence-electron chi connectivity index (χ1n) is 3.52. The van der Waals surface area contributed by atoms with Crippen molar-refractivity contribution in [3.8, 4) is 0 Å². The van der Waals surface area contributed by atoms with Gasteiger partial charge in [-0.2, -0.15) is 4.39 Å². The molecule has 13 heavy (non-hydrogen) atoms. The van der Waals surface area contributed by atoms with Gasteiger partial charge in [0.1, 0.15) is 0 Å². The molecule has 0 spiro atoms. The van der Waals surface area contributed by atoms with Gasteiger partial charge in [0, 0.05) is 0 Å². The highest BCUT2D eigenvalue weighted by Crippen LogP contribution is 2.38. The molecule has 0 amide bonds. The molecule has 0 N–H and O–H groups in total. The van der Waals surface area contributed by atoms with Gasteiger partial charge in [-0.3, -0.25) is 0 Å². The average Bonchev–Trinajstić information content (AvgIpc) is 2.28. The molecule has 0 aliphatic heterocycles. The van der Waals surface area contributed by atoms with Crippen molar-refractivity contribution < 1.29 is 4.39 Å². The Hall–Kier alpha value is -0.0600. The summed E-state index contributed by atoms with van der Waals surface area (Å²) in [6.07, 6.45) is 0. The normalized spacial score (nSPS) is 12.5. The first-order valence-corrected chi connectivity index (χ1v) is 4.65. The molecule has 0 fully saturated rings. The van der Waals surface area contributed by atoms with Gasteiger partial charge in [0.15, 0.2) is 5.69 Å². The molecule has 0 aliphatic rings. The number of hydrogen-bond donors (Lipinski definition) is 0. The van der Waals surface area contributed by atoms with E-state index in [-0.39, 0.29) is 11.7 Å². The zero-order chi connectivity index (χ0) is 10.2. The molecule has 0 unspecified atom stereocenters. The highest BCUT2D eigenvalue weighted by Gasteiger charge is 2.32. The number of hydrogen-bond acceptors (Lipinski definition) is 2. The highest BCUT2D eigenvalue weighted by molar-refractivity contribution is 6.66. The zero-order valence-corrected chi connectivity index (χ0v) is 9.20. The number of nitrogens with zero attached hydrogens (tertiary/aromatic N) is 3. The van der Waals surface area contributed by atoms with Crippen molar-refractivity contribution in [2.24, 2.45) is 0 Å². The molecular weight excluding hydrogens is 239 g/mol. The average molecular weight is 246 g/mol. The summed E-state index contributed by atoms with van der Waals surface area (Å²) < 4.78 is 12.6. The van der Waals surface area contributed by atoms with E-state index in [1.54, 1.807) is 13.8 Å². The highest BCUT2D eigenvalue weighted by atomic mass is 35.6. The van der Waals surface area contributed by atoms with Crippen molar-refractivity contribution >= 4 is 34.8 Å². The summed E-state index contributed by atoms with van der Waals surface area (Å²) in [5.41, 5.74) is -0.272. The van der Waals surface area contributed by atoms with Crippen LogP contribution < -0.4 is 0 Å². The Bertz CT molecular complexity index is 305. The topological polar surface area (TPSA) is 30.7 Å². The van der Waals surface area contributed by atoms with Crippen molar-refractivity contribution in [3.63, 3.8) is 0 Å². The van der Waals surface area contributed by atoms with Crippen LogP contribution >= 0.6 is 34.8 Å². The van der Waals surface area contributed by atoms with E-state index < -0.39 is 9.74 Å². The van der Waals surface area contributed by atoms with Crippen LogP contribution in [0.1, 0.15) is 25.6 Å². The molecule has 0 aromatic carbocycles. The van der Waals surface area contributed by atoms with Crippen LogP contribution in [0.3, 0.4) is 0 Å². The van der Waals surface area contributed by atoms with Crippen LogP contribution in [0.5, 0.6) is 0 Å². The molecule has 1 aromatic rings. The number of alkyl halides is 3. The summed E-state index contributed by atoms with van der Waals surface area (Å²) in [5, 5.41) is 6.97. The maximum absolute atomic E-state index is 13.4. The standard InChI is InChI=1S/C6H7Cl3FN3/c1-3(2)13-5(10)4(11-12-13)6(7,8)9/h3H,1-2H3. The third kappa shape index (κ3) is 2.24. The van der Waals surface area contributed by atoms with Crippen LogP contribution in [0.2, 0.25) is 0 Å². The monoisotopic (exact) mass is 245 g/mol. The molecule has 0 saturated carbocycles. The van der Waals surface area contributed by atoms with E-state index in [0.29, 0.717) is 0 Å². The molecule has 0 bridgehead atoms. The van der Waals surface area contributed by atoms with Gasteiger partial charge in [0.25, 0.3) is 0 Å². The summed E-state index contributed by atoms with van der Waals surface area (Å²) in [6, 6.07) is -0.159. The maximum Gasteiger partial charge on any atom is 0.239 e. The van der Waals surface area contributed by atoms with Gasteiger partial charge >= 0.3 is 0 Å². The van der Waals surface area contributed by atoms with Crippen molar-refractivity contribution in [2.45, 2.75) is 23.7 Å². The molecule has 0 aliphatic carbocycles. The summed E-state index contributed by atoms with van der Waals surface area (Å²) in [6.45, 7) is 3.50. The van der Waals surface area contributed by atoms with Crippen molar-refractivity contribution in [3.05, 3.63) is 11.6 Å². The molecule has 1 aromatic heterocycles. The van der Waals surface area contributed by atoms with Crippen molar-refractivity contribution in [2.75, 3.05) is 0 Å². The summed E-state index contributed by atoms with van der Waals surface area (Å²) in [7, 11) is 0. The minimum Gasteiger partial charge on any atom is -0.216 e. The van der Waals surface area contributed by atoms with Gasteiger partial charge in [0.2, 0.25) is 9.74 Å². The second-order valence-electron chi connectivity index (χ2n) is 2.76. The number of aromatic nitrogens is 3.